The molecule has 8 nitrogen and oxygen atoms in total. The lowest BCUT2D eigenvalue weighted by Crippen LogP contribution is -2.39. The van der Waals surface area contributed by atoms with E-state index in [1.54, 1.807) is 19.1 Å². The largest absolute Gasteiger partial charge is 0.462 e. The molecule has 0 amide bonds. The predicted molar refractivity (Wildman–Crippen MR) is 108 cm³/mol. The van der Waals surface area contributed by atoms with Gasteiger partial charge in [-0.15, -0.1) is 0 Å². The van der Waals surface area contributed by atoms with Gasteiger partial charge in [0.25, 0.3) is 0 Å². The van der Waals surface area contributed by atoms with Crippen LogP contribution in [0.25, 0.3) is 0 Å². The highest BCUT2D eigenvalue weighted by atomic mass is 16.5. The lowest BCUT2D eigenvalue weighted by molar-refractivity contribution is 0.0398. The minimum Gasteiger partial charge on any atom is -0.462 e. The van der Waals surface area contributed by atoms with Crippen molar-refractivity contribution < 1.29 is 14.3 Å². The molecular formula is C20H27N5O3. The first-order valence-electron chi connectivity index (χ1n) is 9.58. The summed E-state index contributed by atoms with van der Waals surface area (Å²) in [5.41, 5.74) is 1.13. The number of rotatable bonds is 8. The summed E-state index contributed by atoms with van der Waals surface area (Å²) in [6, 6.07) is 9.07. The van der Waals surface area contributed by atoms with E-state index >= 15 is 0 Å². The highest BCUT2D eigenvalue weighted by Gasteiger charge is 2.13. The van der Waals surface area contributed by atoms with E-state index in [0.717, 1.165) is 45.2 Å². The standard InChI is InChI=1S/C20H27N5O3/c1-3-28-20(26)16-6-4-5-7-17(16)24-19-14-18(22-15(2)23-19)21-8-9-25-10-12-27-13-11-25/h4-7,14H,3,8-13H2,1-2H3,(H2,21,22,23,24). The molecule has 0 atom stereocenters. The van der Waals surface area contributed by atoms with Crippen molar-refractivity contribution in [2.75, 3.05) is 56.6 Å². The smallest absolute Gasteiger partial charge is 0.340 e. The quantitative estimate of drug-likeness (QED) is 0.670. The average Bonchev–Trinajstić information content (AvgIpc) is 2.69. The minimum atomic E-state index is -0.361. The van der Waals surface area contributed by atoms with Gasteiger partial charge in [0.1, 0.15) is 17.5 Å². The minimum absolute atomic E-state index is 0.330. The number of ether oxygens (including phenoxy) is 2. The fraction of sp³-hybridized carbons (Fsp3) is 0.450. The van der Waals surface area contributed by atoms with Crippen molar-refractivity contribution in [2.24, 2.45) is 0 Å². The Morgan fingerprint density at radius 3 is 2.75 bits per heavy atom. The Morgan fingerprint density at radius 2 is 1.96 bits per heavy atom. The molecular weight excluding hydrogens is 358 g/mol. The van der Waals surface area contributed by atoms with Crippen LogP contribution in [0.1, 0.15) is 23.1 Å². The number of esters is 1. The first-order chi connectivity index (χ1) is 13.7. The second-order valence-corrected chi connectivity index (χ2v) is 6.46. The lowest BCUT2D eigenvalue weighted by atomic mass is 10.2. The average molecular weight is 385 g/mol. The zero-order chi connectivity index (χ0) is 19.8. The monoisotopic (exact) mass is 385 g/mol. The molecule has 1 saturated heterocycles. The number of carbonyl (C=O) groups excluding carboxylic acids is 1. The summed E-state index contributed by atoms with van der Waals surface area (Å²) in [5, 5.41) is 6.57. The van der Waals surface area contributed by atoms with Gasteiger partial charge < -0.3 is 20.1 Å². The molecule has 0 unspecified atom stereocenters. The number of nitrogens with one attached hydrogen (secondary N) is 2. The molecule has 2 aromatic rings. The molecule has 0 bridgehead atoms. The fourth-order valence-corrected chi connectivity index (χ4v) is 3.01. The summed E-state index contributed by atoms with van der Waals surface area (Å²) in [4.78, 5) is 23.4. The van der Waals surface area contributed by atoms with E-state index in [4.69, 9.17) is 9.47 Å². The third-order valence-electron chi connectivity index (χ3n) is 4.36. The summed E-state index contributed by atoms with van der Waals surface area (Å²) in [5.74, 6) is 1.66. The maximum absolute atomic E-state index is 12.2. The molecule has 1 aliphatic rings. The van der Waals surface area contributed by atoms with E-state index in [-0.39, 0.29) is 5.97 Å². The van der Waals surface area contributed by atoms with Gasteiger partial charge in [0.2, 0.25) is 0 Å². The van der Waals surface area contributed by atoms with Crippen LogP contribution in [0.5, 0.6) is 0 Å². The third kappa shape index (κ3) is 5.64. The van der Waals surface area contributed by atoms with E-state index in [2.05, 4.69) is 25.5 Å². The molecule has 1 aromatic heterocycles. The number of benzene rings is 1. The van der Waals surface area contributed by atoms with Crippen LogP contribution in [0.4, 0.5) is 17.3 Å². The Balaban J connectivity index is 1.65. The molecule has 2 N–H and O–H groups in total. The van der Waals surface area contributed by atoms with Crippen molar-refractivity contribution in [3.8, 4) is 0 Å². The first kappa shape index (κ1) is 20.0. The van der Waals surface area contributed by atoms with E-state index < -0.39 is 0 Å². The molecule has 1 fully saturated rings. The van der Waals surface area contributed by atoms with Crippen LogP contribution in [0.3, 0.4) is 0 Å². The highest BCUT2D eigenvalue weighted by Crippen LogP contribution is 2.22. The van der Waals surface area contributed by atoms with Crippen LogP contribution in [-0.4, -0.2) is 66.8 Å². The van der Waals surface area contributed by atoms with Crippen molar-refractivity contribution in [1.29, 1.82) is 0 Å². The van der Waals surface area contributed by atoms with E-state index in [9.17, 15) is 4.79 Å². The van der Waals surface area contributed by atoms with Crippen molar-refractivity contribution in [1.82, 2.24) is 14.9 Å². The lowest BCUT2D eigenvalue weighted by Gasteiger charge is -2.26. The van der Waals surface area contributed by atoms with Crippen LogP contribution in [-0.2, 0) is 9.47 Å². The van der Waals surface area contributed by atoms with Gasteiger partial charge in [-0.05, 0) is 26.0 Å². The number of aryl methyl sites for hydroxylation is 1. The Bertz CT molecular complexity index is 793. The van der Waals surface area contributed by atoms with Gasteiger partial charge in [0, 0.05) is 32.2 Å². The Kier molecular flexibility index (Phi) is 7.16. The van der Waals surface area contributed by atoms with Gasteiger partial charge in [-0.1, -0.05) is 12.1 Å². The number of para-hydroxylation sites is 1. The third-order valence-corrected chi connectivity index (χ3v) is 4.36. The molecule has 0 spiro atoms. The Hall–Kier alpha value is -2.71. The second-order valence-electron chi connectivity index (χ2n) is 6.46. The maximum atomic E-state index is 12.2. The number of anilines is 3. The first-order valence-corrected chi connectivity index (χ1v) is 9.58. The molecule has 8 heteroatoms. The molecule has 0 saturated carbocycles. The Morgan fingerprint density at radius 1 is 1.21 bits per heavy atom. The highest BCUT2D eigenvalue weighted by molar-refractivity contribution is 5.96. The molecule has 2 heterocycles. The number of nitrogens with zero attached hydrogens (tertiary/aromatic N) is 3. The van der Waals surface area contributed by atoms with Gasteiger partial charge in [0.15, 0.2) is 0 Å². The molecule has 1 aliphatic heterocycles. The van der Waals surface area contributed by atoms with Crippen LogP contribution in [0, 0.1) is 6.92 Å². The molecule has 1 aromatic carbocycles. The van der Waals surface area contributed by atoms with Crippen molar-refractivity contribution in [3.05, 3.63) is 41.7 Å². The normalized spacial score (nSPS) is 14.5. The summed E-state index contributed by atoms with van der Waals surface area (Å²) in [6.45, 7) is 9.18. The van der Waals surface area contributed by atoms with Gasteiger partial charge >= 0.3 is 5.97 Å². The van der Waals surface area contributed by atoms with Crippen molar-refractivity contribution >= 4 is 23.3 Å². The second kappa shape index (κ2) is 10.0. The number of hydrogen-bond donors (Lipinski definition) is 2. The molecule has 3 rings (SSSR count). The Labute approximate surface area is 165 Å². The van der Waals surface area contributed by atoms with E-state index in [0.29, 0.717) is 29.5 Å². The summed E-state index contributed by atoms with van der Waals surface area (Å²) >= 11 is 0. The van der Waals surface area contributed by atoms with Crippen LogP contribution < -0.4 is 10.6 Å². The van der Waals surface area contributed by atoms with Crippen molar-refractivity contribution in [3.63, 3.8) is 0 Å². The van der Waals surface area contributed by atoms with Gasteiger partial charge in [-0.25, -0.2) is 14.8 Å². The van der Waals surface area contributed by atoms with Crippen LogP contribution in [0.15, 0.2) is 30.3 Å². The maximum Gasteiger partial charge on any atom is 0.340 e. The van der Waals surface area contributed by atoms with E-state index in [1.165, 1.54) is 0 Å². The van der Waals surface area contributed by atoms with Crippen LogP contribution >= 0.6 is 0 Å². The van der Waals surface area contributed by atoms with Gasteiger partial charge in [-0.2, -0.15) is 0 Å². The summed E-state index contributed by atoms with van der Waals surface area (Å²) in [6.07, 6.45) is 0. The van der Waals surface area contributed by atoms with Crippen LogP contribution in [0.2, 0.25) is 0 Å². The van der Waals surface area contributed by atoms with Crippen molar-refractivity contribution in [2.45, 2.75) is 13.8 Å². The zero-order valence-electron chi connectivity index (χ0n) is 16.4. The predicted octanol–water partition coefficient (Wildman–Crippen LogP) is 2.45. The topological polar surface area (TPSA) is 88.6 Å². The molecule has 28 heavy (non-hydrogen) atoms. The van der Waals surface area contributed by atoms with E-state index in [1.807, 2.05) is 25.1 Å². The SMILES string of the molecule is CCOC(=O)c1ccccc1Nc1cc(NCCN2CCOCC2)nc(C)n1. The summed E-state index contributed by atoms with van der Waals surface area (Å²) in [7, 11) is 0. The zero-order valence-corrected chi connectivity index (χ0v) is 16.4. The number of morpholine rings is 1. The number of hydrogen-bond acceptors (Lipinski definition) is 8. The number of aromatic nitrogens is 2. The van der Waals surface area contributed by atoms with Gasteiger partial charge in [0.05, 0.1) is 31.1 Å². The van der Waals surface area contributed by atoms with Gasteiger partial charge in [-0.3, -0.25) is 4.90 Å². The fourth-order valence-electron chi connectivity index (χ4n) is 3.01. The number of carbonyl (C=O) groups is 1. The molecule has 150 valence electrons. The molecule has 0 aliphatic carbocycles. The molecule has 0 radical (unpaired) electrons. The summed E-state index contributed by atoms with van der Waals surface area (Å²) < 4.78 is 10.5.